The molecule has 0 aromatic heterocycles. The second-order valence-electron chi connectivity index (χ2n) is 3.12. The molecule has 0 aliphatic heterocycles. The number of hydrogen-bond donors (Lipinski definition) is 0. The molecule has 69 valence electrons. The summed E-state index contributed by atoms with van der Waals surface area (Å²) in [6.45, 7) is 0. The van der Waals surface area contributed by atoms with Gasteiger partial charge in [0, 0.05) is 0 Å². The third kappa shape index (κ3) is 4.63. The monoisotopic (exact) mass is 192 g/mol. The Morgan fingerprint density at radius 2 is 1.85 bits per heavy atom. The first-order chi connectivity index (χ1) is 6.29. The minimum atomic E-state index is 0.382. The molecule has 0 aliphatic rings. The molecule has 1 rings (SSSR count). The van der Waals surface area contributed by atoms with E-state index in [1.54, 1.807) is 0 Å². The Labute approximate surface area is 85.0 Å². The van der Waals surface area contributed by atoms with Gasteiger partial charge in [-0.15, -0.1) is 0 Å². The Kier molecular flexibility index (Phi) is 4.47. The van der Waals surface area contributed by atoms with Gasteiger partial charge >= 0.3 is 0 Å². The molecule has 0 atom stereocenters. The second kappa shape index (κ2) is 5.70. The van der Waals surface area contributed by atoms with Gasteiger partial charge in [-0.05, 0) is 31.2 Å². The summed E-state index contributed by atoms with van der Waals surface area (Å²) in [7, 11) is 0. The van der Waals surface area contributed by atoms with Crippen LogP contribution in [0, 0.1) is 0 Å². The molecule has 2 heteroatoms. The zero-order valence-corrected chi connectivity index (χ0v) is 8.44. The van der Waals surface area contributed by atoms with E-state index >= 15 is 0 Å². The standard InChI is InChI=1S/C11H14NS/c12-11(13)9-5-4-8-10-6-2-1-3-7-10/h1-3,6-7,12H,4-5,8-9H2. The smallest absolute Gasteiger partial charge is 0.0939 e. The molecule has 0 aliphatic carbocycles. The Hall–Kier alpha value is -0.890. The van der Waals surface area contributed by atoms with Gasteiger partial charge in [0.25, 0.3) is 0 Å². The van der Waals surface area contributed by atoms with Gasteiger partial charge in [-0.1, -0.05) is 42.5 Å². The molecule has 0 fully saturated rings. The molecule has 0 saturated carbocycles. The minimum Gasteiger partial charge on any atom is -0.294 e. The summed E-state index contributed by atoms with van der Waals surface area (Å²) in [4.78, 5) is 0.382. The minimum absolute atomic E-state index is 0.382. The molecule has 0 saturated heterocycles. The quantitative estimate of drug-likeness (QED) is 0.519. The van der Waals surface area contributed by atoms with E-state index < -0.39 is 0 Å². The fraction of sp³-hybridized carbons (Fsp3) is 0.364. The molecule has 13 heavy (non-hydrogen) atoms. The van der Waals surface area contributed by atoms with Crippen molar-refractivity contribution in [3.05, 3.63) is 35.9 Å². The highest BCUT2D eigenvalue weighted by Crippen LogP contribution is 2.05. The molecule has 0 spiro atoms. The van der Waals surface area contributed by atoms with Crippen LogP contribution in [0.1, 0.15) is 24.8 Å². The summed E-state index contributed by atoms with van der Waals surface area (Å²) in [6, 6.07) is 10.4. The van der Waals surface area contributed by atoms with Crippen LogP contribution >= 0.6 is 12.2 Å². The van der Waals surface area contributed by atoms with E-state index in [0.29, 0.717) is 4.99 Å². The molecular weight excluding hydrogens is 178 g/mol. The van der Waals surface area contributed by atoms with Crippen LogP contribution in [0.15, 0.2) is 30.3 Å². The normalized spacial score (nSPS) is 9.85. The van der Waals surface area contributed by atoms with Gasteiger partial charge < -0.3 is 0 Å². The Balaban J connectivity index is 2.17. The molecule has 1 aromatic rings. The van der Waals surface area contributed by atoms with Crippen molar-refractivity contribution in [3.8, 4) is 0 Å². The average Bonchev–Trinajstić information content (AvgIpc) is 2.14. The lowest BCUT2D eigenvalue weighted by molar-refractivity contribution is 0.762. The maximum Gasteiger partial charge on any atom is 0.0939 e. The molecular formula is C11H14NS. The van der Waals surface area contributed by atoms with Crippen LogP contribution in [0.3, 0.4) is 0 Å². The average molecular weight is 192 g/mol. The molecule has 0 bridgehead atoms. The van der Waals surface area contributed by atoms with E-state index in [0.717, 1.165) is 25.7 Å². The van der Waals surface area contributed by atoms with Gasteiger partial charge in [0.1, 0.15) is 0 Å². The van der Waals surface area contributed by atoms with Gasteiger partial charge in [-0.3, -0.25) is 5.73 Å². The van der Waals surface area contributed by atoms with Crippen LogP contribution < -0.4 is 5.73 Å². The summed E-state index contributed by atoms with van der Waals surface area (Å²) < 4.78 is 0. The fourth-order valence-corrected chi connectivity index (χ4v) is 1.40. The Bertz CT molecular complexity index is 256. The predicted octanol–water partition coefficient (Wildman–Crippen LogP) is 3.01. The highest BCUT2D eigenvalue weighted by atomic mass is 32.1. The summed E-state index contributed by atoms with van der Waals surface area (Å²) in [6.07, 6.45) is 4.03. The zero-order valence-electron chi connectivity index (χ0n) is 7.62. The highest BCUT2D eigenvalue weighted by molar-refractivity contribution is 7.80. The molecule has 0 unspecified atom stereocenters. The van der Waals surface area contributed by atoms with Crippen LogP contribution in [0.4, 0.5) is 0 Å². The first-order valence-electron chi connectivity index (χ1n) is 4.57. The SMILES string of the molecule is [NH]C(=S)CCCCc1ccccc1. The predicted molar refractivity (Wildman–Crippen MR) is 59.7 cm³/mol. The Morgan fingerprint density at radius 3 is 2.46 bits per heavy atom. The van der Waals surface area contributed by atoms with Crippen LogP contribution in [0.2, 0.25) is 0 Å². The zero-order chi connectivity index (χ0) is 9.52. The van der Waals surface area contributed by atoms with Gasteiger partial charge in [-0.25, -0.2) is 0 Å². The summed E-state index contributed by atoms with van der Waals surface area (Å²) >= 11 is 4.69. The number of aryl methyl sites for hydroxylation is 1. The van der Waals surface area contributed by atoms with Crippen LogP contribution in [0.25, 0.3) is 0 Å². The first kappa shape index (κ1) is 10.2. The van der Waals surface area contributed by atoms with Crippen molar-refractivity contribution in [1.29, 1.82) is 0 Å². The molecule has 1 radical (unpaired) electrons. The highest BCUT2D eigenvalue weighted by Gasteiger charge is 1.93. The topological polar surface area (TPSA) is 23.8 Å². The van der Waals surface area contributed by atoms with Crippen molar-refractivity contribution in [2.75, 3.05) is 0 Å². The van der Waals surface area contributed by atoms with Crippen molar-refractivity contribution < 1.29 is 0 Å². The summed E-state index contributed by atoms with van der Waals surface area (Å²) in [5.41, 5.74) is 8.47. The number of unbranched alkanes of at least 4 members (excludes halogenated alkanes) is 1. The van der Waals surface area contributed by atoms with Crippen molar-refractivity contribution in [2.24, 2.45) is 0 Å². The molecule has 0 heterocycles. The largest absolute Gasteiger partial charge is 0.294 e. The van der Waals surface area contributed by atoms with Crippen molar-refractivity contribution in [2.45, 2.75) is 25.7 Å². The lowest BCUT2D eigenvalue weighted by atomic mass is 10.1. The van der Waals surface area contributed by atoms with Crippen LogP contribution in [-0.4, -0.2) is 4.99 Å². The maximum atomic E-state index is 7.09. The van der Waals surface area contributed by atoms with E-state index in [1.165, 1.54) is 5.56 Å². The number of benzene rings is 1. The van der Waals surface area contributed by atoms with Gasteiger partial charge in [0.15, 0.2) is 0 Å². The number of rotatable bonds is 5. The second-order valence-corrected chi connectivity index (χ2v) is 3.61. The van der Waals surface area contributed by atoms with Crippen molar-refractivity contribution >= 4 is 17.2 Å². The number of hydrogen-bond acceptors (Lipinski definition) is 1. The van der Waals surface area contributed by atoms with Crippen LogP contribution in [0.5, 0.6) is 0 Å². The van der Waals surface area contributed by atoms with E-state index in [2.05, 4.69) is 24.3 Å². The first-order valence-corrected chi connectivity index (χ1v) is 4.98. The van der Waals surface area contributed by atoms with E-state index in [9.17, 15) is 0 Å². The molecule has 1 N–H and O–H groups in total. The van der Waals surface area contributed by atoms with Gasteiger partial charge in [0.2, 0.25) is 0 Å². The van der Waals surface area contributed by atoms with E-state index in [1.807, 2.05) is 6.07 Å². The number of nitrogens with one attached hydrogen (secondary N) is 1. The number of thiocarbonyl (C=S) groups is 1. The molecule has 1 nitrogen and oxygen atoms in total. The maximum absolute atomic E-state index is 7.09. The molecule has 1 aromatic carbocycles. The Morgan fingerprint density at radius 1 is 1.15 bits per heavy atom. The van der Waals surface area contributed by atoms with Gasteiger partial charge in [0.05, 0.1) is 4.99 Å². The lowest BCUT2D eigenvalue weighted by Gasteiger charge is -1.99. The summed E-state index contributed by atoms with van der Waals surface area (Å²) in [5, 5.41) is 0. The molecule has 0 amide bonds. The lowest BCUT2D eigenvalue weighted by Crippen LogP contribution is -1.94. The third-order valence-electron chi connectivity index (χ3n) is 1.96. The van der Waals surface area contributed by atoms with E-state index in [-0.39, 0.29) is 0 Å². The van der Waals surface area contributed by atoms with Crippen molar-refractivity contribution in [3.63, 3.8) is 0 Å². The van der Waals surface area contributed by atoms with Gasteiger partial charge in [-0.2, -0.15) is 0 Å². The summed E-state index contributed by atoms with van der Waals surface area (Å²) in [5.74, 6) is 0. The fourth-order valence-electron chi connectivity index (χ4n) is 1.26. The van der Waals surface area contributed by atoms with Crippen molar-refractivity contribution in [1.82, 2.24) is 5.73 Å². The van der Waals surface area contributed by atoms with Crippen LogP contribution in [-0.2, 0) is 6.42 Å². The third-order valence-corrected chi connectivity index (χ3v) is 2.17. The van der Waals surface area contributed by atoms with E-state index in [4.69, 9.17) is 18.0 Å².